The zero-order valence-electron chi connectivity index (χ0n) is 17.9. The standard InChI is InChI=1S/C25H31N3O2/c1-19(2)26-23(29)16-25(28-18-21-10-6-7-11-22(21)24(28)30)12-14-27(15-13-25)17-20-8-4-3-5-9-20/h3-11,19H,12-18H2,1-2H3,(H,26,29). The molecule has 0 spiro atoms. The molecule has 2 amide bonds. The molecule has 5 heteroatoms. The summed E-state index contributed by atoms with van der Waals surface area (Å²) in [4.78, 5) is 30.4. The van der Waals surface area contributed by atoms with Gasteiger partial charge >= 0.3 is 0 Å². The van der Waals surface area contributed by atoms with E-state index in [1.807, 2.05) is 49.1 Å². The summed E-state index contributed by atoms with van der Waals surface area (Å²) in [6.45, 7) is 7.22. The van der Waals surface area contributed by atoms with Gasteiger partial charge in [-0.2, -0.15) is 0 Å². The Kier molecular flexibility index (Phi) is 5.91. The van der Waals surface area contributed by atoms with Crippen LogP contribution in [0.25, 0.3) is 0 Å². The molecule has 2 aliphatic heterocycles. The molecular formula is C25H31N3O2. The minimum absolute atomic E-state index is 0.0327. The van der Waals surface area contributed by atoms with E-state index in [0.717, 1.165) is 43.6 Å². The molecule has 2 aliphatic rings. The average molecular weight is 406 g/mol. The lowest BCUT2D eigenvalue weighted by molar-refractivity contribution is -0.125. The fraction of sp³-hybridized carbons (Fsp3) is 0.440. The van der Waals surface area contributed by atoms with E-state index >= 15 is 0 Å². The van der Waals surface area contributed by atoms with Gasteiger partial charge in [-0.05, 0) is 43.9 Å². The molecule has 2 aromatic carbocycles. The Balaban J connectivity index is 1.52. The number of amides is 2. The number of carbonyl (C=O) groups is 2. The van der Waals surface area contributed by atoms with Crippen molar-refractivity contribution in [3.05, 3.63) is 71.3 Å². The first kappa shape index (κ1) is 20.6. The van der Waals surface area contributed by atoms with Crippen molar-refractivity contribution in [1.82, 2.24) is 15.1 Å². The maximum absolute atomic E-state index is 13.3. The number of benzene rings is 2. The maximum atomic E-state index is 13.3. The van der Waals surface area contributed by atoms with Gasteiger partial charge in [-0.3, -0.25) is 14.5 Å². The number of hydrogen-bond donors (Lipinski definition) is 1. The van der Waals surface area contributed by atoms with Crippen LogP contribution in [0.3, 0.4) is 0 Å². The van der Waals surface area contributed by atoms with Crippen LogP contribution in [0.2, 0.25) is 0 Å². The van der Waals surface area contributed by atoms with Crippen molar-refractivity contribution in [2.45, 2.75) is 57.8 Å². The first-order chi connectivity index (χ1) is 14.5. The van der Waals surface area contributed by atoms with Crippen molar-refractivity contribution < 1.29 is 9.59 Å². The predicted molar refractivity (Wildman–Crippen MR) is 118 cm³/mol. The van der Waals surface area contributed by atoms with Crippen molar-refractivity contribution in [2.24, 2.45) is 0 Å². The van der Waals surface area contributed by atoms with Gasteiger partial charge in [0.2, 0.25) is 5.91 Å². The minimum atomic E-state index is -0.428. The van der Waals surface area contributed by atoms with Crippen molar-refractivity contribution in [2.75, 3.05) is 13.1 Å². The molecule has 158 valence electrons. The number of nitrogens with one attached hydrogen (secondary N) is 1. The molecular weight excluding hydrogens is 374 g/mol. The zero-order chi connectivity index (χ0) is 21.1. The second-order valence-corrected chi connectivity index (χ2v) is 8.93. The Morgan fingerprint density at radius 1 is 1.03 bits per heavy atom. The molecule has 4 rings (SSSR count). The molecule has 0 aromatic heterocycles. The number of likely N-dealkylation sites (tertiary alicyclic amines) is 1. The lowest BCUT2D eigenvalue weighted by Gasteiger charge is -2.47. The first-order valence-corrected chi connectivity index (χ1v) is 10.9. The quantitative estimate of drug-likeness (QED) is 0.799. The van der Waals surface area contributed by atoms with Gasteiger partial charge in [-0.15, -0.1) is 0 Å². The van der Waals surface area contributed by atoms with Crippen LogP contribution >= 0.6 is 0 Å². The van der Waals surface area contributed by atoms with Gasteiger partial charge in [-0.25, -0.2) is 0 Å². The highest BCUT2D eigenvalue weighted by Gasteiger charge is 2.46. The van der Waals surface area contributed by atoms with Crippen LogP contribution in [0, 0.1) is 0 Å². The van der Waals surface area contributed by atoms with E-state index in [9.17, 15) is 9.59 Å². The number of nitrogens with zero attached hydrogens (tertiary/aromatic N) is 2. The van der Waals surface area contributed by atoms with Gasteiger partial charge in [0.05, 0.1) is 12.0 Å². The second kappa shape index (κ2) is 8.60. The lowest BCUT2D eigenvalue weighted by atomic mass is 9.82. The molecule has 30 heavy (non-hydrogen) atoms. The fourth-order valence-corrected chi connectivity index (χ4v) is 4.82. The molecule has 5 nitrogen and oxygen atoms in total. The van der Waals surface area contributed by atoms with Gasteiger partial charge in [0.1, 0.15) is 0 Å². The highest BCUT2D eigenvalue weighted by Crippen LogP contribution is 2.38. The Hall–Kier alpha value is -2.66. The van der Waals surface area contributed by atoms with E-state index in [2.05, 4.69) is 34.5 Å². The molecule has 0 unspecified atom stereocenters. The minimum Gasteiger partial charge on any atom is -0.354 e. The summed E-state index contributed by atoms with van der Waals surface area (Å²) in [7, 11) is 0. The van der Waals surface area contributed by atoms with E-state index in [0.29, 0.717) is 13.0 Å². The molecule has 0 atom stereocenters. The zero-order valence-corrected chi connectivity index (χ0v) is 17.9. The topological polar surface area (TPSA) is 52.7 Å². The molecule has 0 radical (unpaired) electrons. The van der Waals surface area contributed by atoms with Gasteiger partial charge < -0.3 is 10.2 Å². The van der Waals surface area contributed by atoms with Crippen LogP contribution in [-0.4, -0.2) is 46.3 Å². The lowest BCUT2D eigenvalue weighted by Crippen LogP contribution is -2.57. The number of rotatable bonds is 6. The van der Waals surface area contributed by atoms with Crippen LogP contribution < -0.4 is 5.32 Å². The Morgan fingerprint density at radius 3 is 2.37 bits per heavy atom. The third kappa shape index (κ3) is 4.26. The van der Waals surface area contributed by atoms with Crippen molar-refractivity contribution in [3.63, 3.8) is 0 Å². The molecule has 1 saturated heterocycles. The van der Waals surface area contributed by atoms with Gasteiger partial charge in [-0.1, -0.05) is 48.5 Å². The van der Waals surface area contributed by atoms with E-state index in [1.54, 1.807) is 0 Å². The molecule has 2 aromatic rings. The highest BCUT2D eigenvalue weighted by atomic mass is 16.2. The largest absolute Gasteiger partial charge is 0.354 e. The molecule has 1 N–H and O–H groups in total. The number of fused-ring (bicyclic) bond motifs is 1. The third-order valence-electron chi connectivity index (χ3n) is 6.37. The van der Waals surface area contributed by atoms with E-state index < -0.39 is 5.54 Å². The summed E-state index contributed by atoms with van der Waals surface area (Å²) in [5.41, 5.74) is 2.72. The molecule has 1 fully saturated rings. The van der Waals surface area contributed by atoms with Crippen molar-refractivity contribution >= 4 is 11.8 Å². The summed E-state index contributed by atoms with van der Waals surface area (Å²) < 4.78 is 0. The second-order valence-electron chi connectivity index (χ2n) is 8.93. The van der Waals surface area contributed by atoms with Crippen LogP contribution in [0.1, 0.15) is 54.6 Å². The monoisotopic (exact) mass is 405 g/mol. The number of carbonyl (C=O) groups excluding carboxylic acids is 2. The van der Waals surface area contributed by atoms with Crippen molar-refractivity contribution in [3.8, 4) is 0 Å². The van der Waals surface area contributed by atoms with E-state index in [1.165, 1.54) is 5.56 Å². The number of piperidine rings is 1. The van der Waals surface area contributed by atoms with Gasteiger partial charge in [0.15, 0.2) is 0 Å². The normalized spacial score (nSPS) is 18.5. The summed E-state index contributed by atoms with van der Waals surface area (Å²) in [5, 5.41) is 3.03. The van der Waals surface area contributed by atoms with Gasteiger partial charge in [0, 0.05) is 37.8 Å². The Labute approximate surface area is 179 Å². The molecule has 0 bridgehead atoms. The summed E-state index contributed by atoms with van der Waals surface area (Å²) >= 11 is 0. The first-order valence-electron chi connectivity index (χ1n) is 10.9. The van der Waals surface area contributed by atoms with E-state index in [4.69, 9.17) is 0 Å². The summed E-state index contributed by atoms with van der Waals surface area (Å²) in [5.74, 6) is 0.102. The SMILES string of the molecule is CC(C)NC(=O)CC1(N2Cc3ccccc3C2=O)CCN(Cc2ccccc2)CC1. The van der Waals surface area contributed by atoms with Crippen molar-refractivity contribution in [1.29, 1.82) is 0 Å². The smallest absolute Gasteiger partial charge is 0.254 e. The van der Waals surface area contributed by atoms with Gasteiger partial charge in [0.25, 0.3) is 5.91 Å². The Morgan fingerprint density at radius 2 is 1.70 bits per heavy atom. The average Bonchev–Trinajstić information content (AvgIpc) is 3.07. The summed E-state index contributed by atoms with van der Waals surface area (Å²) in [6.07, 6.45) is 1.99. The molecule has 2 heterocycles. The fourth-order valence-electron chi connectivity index (χ4n) is 4.82. The molecule has 0 aliphatic carbocycles. The summed E-state index contributed by atoms with van der Waals surface area (Å²) in [6, 6.07) is 18.4. The third-order valence-corrected chi connectivity index (χ3v) is 6.37. The maximum Gasteiger partial charge on any atom is 0.254 e. The molecule has 0 saturated carbocycles. The number of hydrogen-bond acceptors (Lipinski definition) is 3. The van der Waals surface area contributed by atoms with Crippen LogP contribution in [0.4, 0.5) is 0 Å². The van der Waals surface area contributed by atoms with Crippen LogP contribution in [0.15, 0.2) is 54.6 Å². The van der Waals surface area contributed by atoms with Crippen LogP contribution in [-0.2, 0) is 17.9 Å². The van der Waals surface area contributed by atoms with Crippen LogP contribution in [0.5, 0.6) is 0 Å². The van der Waals surface area contributed by atoms with E-state index in [-0.39, 0.29) is 17.9 Å². The highest BCUT2D eigenvalue weighted by molar-refractivity contribution is 5.99. The predicted octanol–water partition coefficient (Wildman–Crippen LogP) is 3.59. The Bertz CT molecular complexity index is 902.